The van der Waals surface area contributed by atoms with Crippen molar-refractivity contribution in [2.45, 2.75) is 70.2 Å². The number of ether oxygens (including phenoxy) is 1. The van der Waals surface area contributed by atoms with Crippen molar-refractivity contribution in [3.05, 3.63) is 0 Å². The van der Waals surface area contributed by atoms with E-state index < -0.39 is 0 Å². The van der Waals surface area contributed by atoms with Crippen LogP contribution >= 0.6 is 0 Å². The molecule has 0 aromatic heterocycles. The Morgan fingerprint density at radius 3 is 2.68 bits per heavy atom. The highest BCUT2D eigenvalue weighted by Gasteiger charge is 2.53. The molecule has 0 aromatic carbocycles. The van der Waals surface area contributed by atoms with Crippen molar-refractivity contribution in [3.8, 4) is 0 Å². The van der Waals surface area contributed by atoms with Gasteiger partial charge in [-0.2, -0.15) is 0 Å². The van der Waals surface area contributed by atoms with Gasteiger partial charge < -0.3 is 9.64 Å². The molecule has 0 aromatic rings. The molecule has 2 atom stereocenters. The van der Waals surface area contributed by atoms with Gasteiger partial charge in [-0.15, -0.1) is 0 Å². The standard InChI is InChI=1S/C15H26N2O2/c1-11(2)13-16-15(7-3-4-8-15)14(18)17(13)10-12-6-5-9-19-12/h11-13,16H,3-10H2,1-2H3. The van der Waals surface area contributed by atoms with Gasteiger partial charge in [-0.1, -0.05) is 26.7 Å². The highest BCUT2D eigenvalue weighted by Crippen LogP contribution is 2.38. The van der Waals surface area contributed by atoms with Gasteiger partial charge in [0.25, 0.3) is 0 Å². The van der Waals surface area contributed by atoms with Crippen LogP contribution in [0.3, 0.4) is 0 Å². The van der Waals surface area contributed by atoms with Gasteiger partial charge in [-0.25, -0.2) is 0 Å². The first-order valence-electron chi connectivity index (χ1n) is 7.83. The van der Waals surface area contributed by atoms with Crippen LogP contribution < -0.4 is 5.32 Å². The maximum Gasteiger partial charge on any atom is 0.244 e. The van der Waals surface area contributed by atoms with Gasteiger partial charge in [0.05, 0.1) is 17.8 Å². The minimum atomic E-state index is -0.243. The monoisotopic (exact) mass is 266 g/mol. The van der Waals surface area contributed by atoms with Crippen LogP contribution in [0.1, 0.15) is 52.4 Å². The number of carbonyl (C=O) groups excluding carboxylic acids is 1. The average Bonchev–Trinajstić information content (AvgIpc) is 3.08. The second kappa shape index (κ2) is 5.06. The fourth-order valence-electron chi connectivity index (χ4n) is 3.89. The minimum absolute atomic E-state index is 0.190. The molecule has 2 heterocycles. The molecule has 1 N–H and O–H groups in total. The highest BCUT2D eigenvalue weighted by molar-refractivity contribution is 5.89. The lowest BCUT2D eigenvalue weighted by Gasteiger charge is -2.29. The molecule has 0 bridgehead atoms. The van der Waals surface area contributed by atoms with Crippen LogP contribution in [-0.4, -0.2) is 41.8 Å². The Labute approximate surface area is 115 Å². The Kier molecular flexibility index (Phi) is 3.56. The SMILES string of the molecule is CC(C)C1NC2(CCCC2)C(=O)N1CC1CCCO1. The molecule has 3 aliphatic rings. The van der Waals surface area contributed by atoms with Crippen LogP contribution in [0.4, 0.5) is 0 Å². The molecule has 0 radical (unpaired) electrons. The summed E-state index contributed by atoms with van der Waals surface area (Å²) in [5, 5.41) is 3.66. The molecule has 3 fully saturated rings. The van der Waals surface area contributed by atoms with E-state index >= 15 is 0 Å². The summed E-state index contributed by atoms with van der Waals surface area (Å²) in [6.07, 6.45) is 7.06. The number of amides is 1. The zero-order chi connectivity index (χ0) is 13.5. The Morgan fingerprint density at radius 1 is 1.37 bits per heavy atom. The highest BCUT2D eigenvalue weighted by atomic mass is 16.5. The van der Waals surface area contributed by atoms with Gasteiger partial charge in [0, 0.05) is 13.2 Å². The third-order valence-corrected chi connectivity index (χ3v) is 4.94. The summed E-state index contributed by atoms with van der Waals surface area (Å²) in [6, 6.07) is 0. The molecule has 1 aliphatic carbocycles. The normalized spacial score (nSPS) is 34.1. The van der Waals surface area contributed by atoms with Crippen LogP contribution in [0, 0.1) is 5.92 Å². The van der Waals surface area contributed by atoms with Crippen molar-refractivity contribution in [1.29, 1.82) is 0 Å². The van der Waals surface area contributed by atoms with E-state index in [0.717, 1.165) is 38.8 Å². The molecule has 1 amide bonds. The number of rotatable bonds is 3. The first-order valence-corrected chi connectivity index (χ1v) is 7.83. The first-order chi connectivity index (χ1) is 9.12. The van der Waals surface area contributed by atoms with Gasteiger partial charge in [-0.3, -0.25) is 10.1 Å². The van der Waals surface area contributed by atoms with Crippen molar-refractivity contribution in [1.82, 2.24) is 10.2 Å². The number of nitrogens with one attached hydrogen (secondary N) is 1. The van der Waals surface area contributed by atoms with Crippen LogP contribution in [0.5, 0.6) is 0 Å². The molecule has 2 unspecified atom stereocenters. The molecule has 3 rings (SSSR count). The van der Waals surface area contributed by atoms with E-state index in [4.69, 9.17) is 4.74 Å². The molecule has 1 saturated carbocycles. The van der Waals surface area contributed by atoms with Crippen molar-refractivity contribution in [2.75, 3.05) is 13.2 Å². The van der Waals surface area contributed by atoms with Crippen LogP contribution in [-0.2, 0) is 9.53 Å². The van der Waals surface area contributed by atoms with Crippen molar-refractivity contribution in [2.24, 2.45) is 5.92 Å². The molecule has 1 spiro atoms. The van der Waals surface area contributed by atoms with Gasteiger partial charge in [0.15, 0.2) is 0 Å². The van der Waals surface area contributed by atoms with Gasteiger partial charge in [-0.05, 0) is 31.6 Å². The van der Waals surface area contributed by atoms with E-state index in [-0.39, 0.29) is 17.8 Å². The van der Waals surface area contributed by atoms with Gasteiger partial charge >= 0.3 is 0 Å². The Bertz CT molecular complexity index is 344. The summed E-state index contributed by atoms with van der Waals surface area (Å²) in [4.78, 5) is 14.9. The Morgan fingerprint density at radius 2 is 2.11 bits per heavy atom. The summed E-state index contributed by atoms with van der Waals surface area (Å²) in [5.74, 6) is 0.782. The number of nitrogens with zero attached hydrogens (tertiary/aromatic N) is 1. The zero-order valence-corrected chi connectivity index (χ0v) is 12.2. The topological polar surface area (TPSA) is 41.6 Å². The molecule has 4 nitrogen and oxygen atoms in total. The van der Waals surface area contributed by atoms with E-state index in [1.165, 1.54) is 12.8 Å². The van der Waals surface area contributed by atoms with E-state index in [1.54, 1.807) is 0 Å². The van der Waals surface area contributed by atoms with Crippen molar-refractivity contribution in [3.63, 3.8) is 0 Å². The third kappa shape index (κ3) is 2.29. The summed E-state index contributed by atoms with van der Waals surface area (Å²) in [6.45, 7) is 6.02. The Hall–Kier alpha value is -0.610. The average molecular weight is 266 g/mol. The lowest BCUT2D eigenvalue weighted by molar-refractivity contribution is -0.135. The minimum Gasteiger partial charge on any atom is -0.376 e. The molecule has 2 saturated heterocycles. The lowest BCUT2D eigenvalue weighted by atomic mass is 9.98. The molecule has 19 heavy (non-hydrogen) atoms. The Balaban J connectivity index is 1.76. The number of hydrogen-bond acceptors (Lipinski definition) is 3. The van der Waals surface area contributed by atoms with Crippen molar-refractivity contribution >= 4 is 5.91 Å². The van der Waals surface area contributed by atoms with Crippen LogP contribution in [0.15, 0.2) is 0 Å². The fourth-order valence-corrected chi connectivity index (χ4v) is 3.89. The van der Waals surface area contributed by atoms with E-state index in [1.807, 2.05) is 0 Å². The second-order valence-electron chi connectivity index (χ2n) is 6.71. The zero-order valence-electron chi connectivity index (χ0n) is 12.2. The van der Waals surface area contributed by atoms with E-state index in [0.29, 0.717) is 11.8 Å². The van der Waals surface area contributed by atoms with Crippen LogP contribution in [0.2, 0.25) is 0 Å². The fraction of sp³-hybridized carbons (Fsp3) is 0.933. The summed E-state index contributed by atoms with van der Waals surface area (Å²) < 4.78 is 5.72. The smallest absolute Gasteiger partial charge is 0.244 e. The first kappa shape index (κ1) is 13.4. The number of hydrogen-bond donors (Lipinski definition) is 1. The predicted octanol–water partition coefficient (Wildman–Crippen LogP) is 1.89. The molecule has 4 heteroatoms. The van der Waals surface area contributed by atoms with Gasteiger partial charge in [0.2, 0.25) is 5.91 Å². The summed E-state index contributed by atoms with van der Waals surface area (Å²) in [7, 11) is 0. The second-order valence-corrected chi connectivity index (χ2v) is 6.71. The third-order valence-electron chi connectivity index (χ3n) is 4.94. The molecular weight excluding hydrogens is 240 g/mol. The van der Waals surface area contributed by atoms with Crippen LogP contribution in [0.25, 0.3) is 0 Å². The van der Waals surface area contributed by atoms with E-state index in [9.17, 15) is 4.79 Å². The molecular formula is C15H26N2O2. The van der Waals surface area contributed by atoms with Gasteiger partial charge in [0.1, 0.15) is 0 Å². The summed E-state index contributed by atoms with van der Waals surface area (Å²) in [5.41, 5.74) is -0.243. The maximum atomic E-state index is 12.8. The molecule has 2 aliphatic heterocycles. The summed E-state index contributed by atoms with van der Waals surface area (Å²) >= 11 is 0. The largest absolute Gasteiger partial charge is 0.376 e. The predicted molar refractivity (Wildman–Crippen MR) is 73.6 cm³/mol. The lowest BCUT2D eigenvalue weighted by Crippen LogP contribution is -2.46. The number of carbonyl (C=O) groups is 1. The van der Waals surface area contributed by atoms with Crippen molar-refractivity contribution < 1.29 is 9.53 Å². The molecule has 108 valence electrons. The van der Waals surface area contributed by atoms with E-state index in [2.05, 4.69) is 24.1 Å². The quantitative estimate of drug-likeness (QED) is 0.848. The maximum absolute atomic E-state index is 12.8.